The van der Waals surface area contributed by atoms with Crippen LogP contribution in [0.5, 0.6) is 0 Å². The summed E-state index contributed by atoms with van der Waals surface area (Å²) in [6.45, 7) is 2.10. The van der Waals surface area contributed by atoms with Gasteiger partial charge in [-0.15, -0.1) is 5.10 Å². The Kier molecular flexibility index (Phi) is 4.74. The lowest BCUT2D eigenvalue weighted by Crippen LogP contribution is -2.27. The third kappa shape index (κ3) is 3.64. The van der Waals surface area contributed by atoms with Crippen molar-refractivity contribution in [2.75, 3.05) is 26.0 Å². The zero-order valence-electron chi connectivity index (χ0n) is 10.8. The summed E-state index contributed by atoms with van der Waals surface area (Å²) in [5.74, 6) is 0.887. The Bertz CT molecular complexity index is 333. The molecule has 1 saturated carbocycles. The van der Waals surface area contributed by atoms with Crippen LogP contribution in [0.3, 0.4) is 0 Å². The van der Waals surface area contributed by atoms with E-state index in [1.54, 1.807) is 0 Å². The van der Waals surface area contributed by atoms with Gasteiger partial charge in [0.05, 0.1) is 0 Å². The highest BCUT2D eigenvalue weighted by Gasteiger charge is 2.16. The number of anilines is 1. The van der Waals surface area contributed by atoms with Crippen LogP contribution in [0.25, 0.3) is 0 Å². The highest BCUT2D eigenvalue weighted by atomic mass is 32.1. The van der Waals surface area contributed by atoms with Crippen LogP contribution in [0.1, 0.15) is 37.8 Å². The van der Waals surface area contributed by atoms with Crippen LogP contribution in [0.4, 0.5) is 5.00 Å². The third-order valence-electron chi connectivity index (χ3n) is 3.50. The van der Waals surface area contributed by atoms with Crippen molar-refractivity contribution >= 4 is 16.5 Å². The molecule has 0 bridgehead atoms. The first-order valence-corrected chi connectivity index (χ1v) is 7.24. The van der Waals surface area contributed by atoms with E-state index in [9.17, 15) is 0 Å². The molecule has 0 radical (unpaired) electrons. The van der Waals surface area contributed by atoms with Crippen LogP contribution in [0.2, 0.25) is 0 Å². The quantitative estimate of drug-likeness (QED) is 0.877. The van der Waals surface area contributed by atoms with E-state index in [-0.39, 0.29) is 0 Å². The lowest BCUT2D eigenvalue weighted by molar-refractivity contribution is 0.226. The molecule has 0 spiro atoms. The summed E-state index contributed by atoms with van der Waals surface area (Å²) in [4.78, 5) is 2.38. The molecule has 96 valence electrons. The second-order valence-corrected chi connectivity index (χ2v) is 5.75. The number of nitrogens with zero attached hydrogens (tertiary/aromatic N) is 3. The summed E-state index contributed by atoms with van der Waals surface area (Å²) in [5, 5.41) is 8.43. The molecule has 1 N–H and O–H groups in total. The largest absolute Gasteiger partial charge is 0.377 e. The van der Waals surface area contributed by atoms with Crippen LogP contribution >= 0.6 is 11.5 Å². The van der Waals surface area contributed by atoms with Gasteiger partial charge in [0.25, 0.3) is 0 Å². The molecule has 0 amide bonds. The number of hydrogen-bond acceptors (Lipinski definition) is 5. The van der Waals surface area contributed by atoms with E-state index >= 15 is 0 Å². The predicted molar refractivity (Wildman–Crippen MR) is 72.4 cm³/mol. The lowest BCUT2D eigenvalue weighted by Gasteiger charge is -2.26. The van der Waals surface area contributed by atoms with Crippen LogP contribution in [-0.2, 0) is 6.54 Å². The second-order valence-electron chi connectivity index (χ2n) is 5.00. The highest BCUT2D eigenvalue weighted by Crippen LogP contribution is 2.25. The summed E-state index contributed by atoms with van der Waals surface area (Å²) < 4.78 is 4.00. The van der Waals surface area contributed by atoms with Crippen LogP contribution < -0.4 is 5.32 Å². The Hall–Kier alpha value is -0.680. The molecule has 1 aromatic heterocycles. The summed E-state index contributed by atoms with van der Waals surface area (Å²) in [6.07, 6.45) is 7.06. The van der Waals surface area contributed by atoms with E-state index in [1.807, 2.05) is 7.05 Å². The van der Waals surface area contributed by atoms with Gasteiger partial charge in [-0.25, -0.2) is 0 Å². The van der Waals surface area contributed by atoms with E-state index < -0.39 is 0 Å². The van der Waals surface area contributed by atoms with Gasteiger partial charge in [-0.3, -0.25) is 0 Å². The van der Waals surface area contributed by atoms with Gasteiger partial charge in [0.2, 0.25) is 0 Å². The standard InChI is InChI=1S/C12H22N4S/c1-13-12-11(14-15-17-12)9-16(2)8-10-6-4-3-5-7-10/h10,13H,3-9H2,1-2H3. The molecule has 1 aromatic rings. The Balaban J connectivity index is 1.82. The van der Waals surface area contributed by atoms with Crippen LogP contribution in [0, 0.1) is 5.92 Å². The van der Waals surface area contributed by atoms with Crippen LogP contribution in [-0.4, -0.2) is 35.1 Å². The molecule has 5 heteroatoms. The maximum absolute atomic E-state index is 4.18. The summed E-state index contributed by atoms with van der Waals surface area (Å²) in [5.41, 5.74) is 1.08. The van der Waals surface area contributed by atoms with Crippen molar-refractivity contribution in [2.24, 2.45) is 5.92 Å². The van der Waals surface area contributed by atoms with Crippen molar-refractivity contribution in [1.82, 2.24) is 14.5 Å². The van der Waals surface area contributed by atoms with Gasteiger partial charge < -0.3 is 10.2 Å². The Morgan fingerprint density at radius 1 is 1.35 bits per heavy atom. The third-order valence-corrected chi connectivity index (χ3v) is 4.28. The maximum atomic E-state index is 4.18. The van der Waals surface area contributed by atoms with Gasteiger partial charge in [-0.05, 0) is 25.8 Å². The van der Waals surface area contributed by atoms with E-state index in [0.29, 0.717) is 0 Å². The topological polar surface area (TPSA) is 41.1 Å². The fraction of sp³-hybridized carbons (Fsp3) is 0.833. The van der Waals surface area contributed by atoms with Gasteiger partial charge in [-0.1, -0.05) is 23.8 Å². The molecule has 0 saturated heterocycles. The molecule has 0 atom stereocenters. The molecular formula is C12H22N4S. The van der Waals surface area contributed by atoms with Crippen molar-refractivity contribution in [3.63, 3.8) is 0 Å². The maximum Gasteiger partial charge on any atom is 0.134 e. The van der Waals surface area contributed by atoms with E-state index in [0.717, 1.165) is 23.2 Å². The van der Waals surface area contributed by atoms with Gasteiger partial charge >= 0.3 is 0 Å². The van der Waals surface area contributed by atoms with Crippen molar-refractivity contribution in [3.8, 4) is 0 Å². The summed E-state index contributed by atoms with van der Waals surface area (Å²) >= 11 is 1.44. The van der Waals surface area contributed by atoms with E-state index in [4.69, 9.17) is 0 Å². The van der Waals surface area contributed by atoms with Gasteiger partial charge in [0.15, 0.2) is 0 Å². The van der Waals surface area contributed by atoms with Gasteiger partial charge in [-0.2, -0.15) is 0 Å². The van der Waals surface area contributed by atoms with Crippen molar-refractivity contribution in [3.05, 3.63) is 5.69 Å². The molecule has 1 heterocycles. The molecular weight excluding hydrogens is 232 g/mol. The molecule has 17 heavy (non-hydrogen) atoms. The first-order chi connectivity index (χ1) is 8.29. The average Bonchev–Trinajstić information content (AvgIpc) is 2.77. The van der Waals surface area contributed by atoms with E-state index in [1.165, 1.54) is 50.2 Å². The molecule has 1 aliphatic carbocycles. The monoisotopic (exact) mass is 254 g/mol. The Morgan fingerprint density at radius 2 is 2.12 bits per heavy atom. The number of aromatic nitrogens is 2. The van der Waals surface area contributed by atoms with Crippen molar-refractivity contribution < 1.29 is 0 Å². The van der Waals surface area contributed by atoms with Gasteiger partial charge in [0, 0.05) is 31.7 Å². The molecule has 0 aromatic carbocycles. The Morgan fingerprint density at radius 3 is 2.82 bits per heavy atom. The zero-order chi connectivity index (χ0) is 12.1. The number of hydrogen-bond donors (Lipinski definition) is 1. The molecule has 2 rings (SSSR count). The minimum absolute atomic E-state index is 0.887. The first kappa shape index (κ1) is 12.8. The molecule has 0 aliphatic heterocycles. The SMILES string of the molecule is CNc1snnc1CN(C)CC1CCCCC1. The minimum Gasteiger partial charge on any atom is -0.377 e. The van der Waals surface area contributed by atoms with Gasteiger partial charge in [0.1, 0.15) is 10.7 Å². The second kappa shape index (κ2) is 6.31. The molecule has 4 nitrogen and oxygen atoms in total. The lowest BCUT2D eigenvalue weighted by atomic mass is 9.89. The predicted octanol–water partition coefficient (Wildman–Crippen LogP) is 2.59. The summed E-state index contributed by atoms with van der Waals surface area (Å²) in [6, 6.07) is 0. The molecule has 0 unspecified atom stereocenters. The molecule has 1 aliphatic rings. The first-order valence-electron chi connectivity index (χ1n) is 6.47. The fourth-order valence-electron chi connectivity index (χ4n) is 2.63. The Labute approximate surface area is 108 Å². The van der Waals surface area contributed by atoms with Crippen molar-refractivity contribution in [2.45, 2.75) is 38.6 Å². The average molecular weight is 254 g/mol. The number of rotatable bonds is 5. The summed E-state index contributed by atoms with van der Waals surface area (Å²) in [7, 11) is 4.12. The van der Waals surface area contributed by atoms with Crippen LogP contribution in [0.15, 0.2) is 0 Å². The smallest absolute Gasteiger partial charge is 0.134 e. The van der Waals surface area contributed by atoms with Crippen molar-refractivity contribution in [1.29, 1.82) is 0 Å². The molecule has 1 fully saturated rings. The zero-order valence-corrected chi connectivity index (χ0v) is 11.6. The normalized spacial score (nSPS) is 17.6. The highest BCUT2D eigenvalue weighted by molar-refractivity contribution is 7.10. The minimum atomic E-state index is 0.887. The van der Waals surface area contributed by atoms with E-state index in [2.05, 4.69) is 26.9 Å². The number of nitrogens with one attached hydrogen (secondary N) is 1. The fourth-order valence-corrected chi connectivity index (χ4v) is 3.16.